The van der Waals surface area contributed by atoms with Gasteiger partial charge in [-0.2, -0.15) is 5.10 Å². The summed E-state index contributed by atoms with van der Waals surface area (Å²) in [4.78, 5) is 8.25. The van der Waals surface area contributed by atoms with Crippen molar-refractivity contribution in [2.24, 2.45) is 5.10 Å². The molecule has 0 aliphatic carbocycles. The lowest BCUT2D eigenvalue weighted by molar-refractivity contribution is -0.274. The quantitative estimate of drug-likeness (QED) is 0.438. The molecule has 1 N–H and O–H groups in total. The summed E-state index contributed by atoms with van der Waals surface area (Å²) in [6, 6.07) is 13.1. The number of ether oxygens (including phenoxy) is 1. The highest BCUT2D eigenvalue weighted by molar-refractivity contribution is 9.10. The molecule has 0 unspecified atom stereocenters. The van der Waals surface area contributed by atoms with Crippen LogP contribution in [-0.4, -0.2) is 22.5 Å². The number of anilines is 1. The van der Waals surface area contributed by atoms with Gasteiger partial charge in [-0.25, -0.2) is 15.4 Å². The number of hydrazone groups is 1. The third-order valence-electron chi connectivity index (χ3n) is 3.32. The summed E-state index contributed by atoms with van der Waals surface area (Å²) in [5.74, 6) is 0.0110. The lowest BCUT2D eigenvalue weighted by atomic mass is 10.1. The van der Waals surface area contributed by atoms with E-state index in [1.165, 1.54) is 24.3 Å². The Kier molecular flexibility index (Phi) is 5.70. The van der Waals surface area contributed by atoms with Gasteiger partial charge >= 0.3 is 6.36 Å². The van der Waals surface area contributed by atoms with Crippen molar-refractivity contribution in [2.75, 3.05) is 5.43 Å². The number of benzene rings is 2. The van der Waals surface area contributed by atoms with Crippen molar-refractivity contribution in [3.05, 3.63) is 71.0 Å². The highest BCUT2D eigenvalue weighted by Gasteiger charge is 2.30. The molecule has 3 rings (SSSR count). The molecule has 9 heteroatoms. The second-order valence-electron chi connectivity index (χ2n) is 5.29. The fraction of sp³-hybridized carbons (Fsp3) is 0.0556. The fourth-order valence-corrected chi connectivity index (χ4v) is 2.36. The summed E-state index contributed by atoms with van der Waals surface area (Å²) in [6.07, 6.45) is 0.00596. The Morgan fingerprint density at radius 3 is 2.15 bits per heavy atom. The molecule has 0 bridgehead atoms. The average molecular weight is 437 g/mol. The Morgan fingerprint density at radius 1 is 0.926 bits per heavy atom. The average Bonchev–Trinajstić information content (AvgIpc) is 2.63. The molecule has 0 atom stereocenters. The van der Waals surface area contributed by atoms with Gasteiger partial charge in [0.2, 0.25) is 5.95 Å². The molecule has 0 fully saturated rings. The summed E-state index contributed by atoms with van der Waals surface area (Å²) in [5, 5.41) is 4.05. The topological polar surface area (TPSA) is 59.4 Å². The lowest BCUT2D eigenvalue weighted by Crippen LogP contribution is -2.16. The third kappa shape index (κ3) is 5.78. The van der Waals surface area contributed by atoms with Crippen molar-refractivity contribution in [3.8, 4) is 16.9 Å². The maximum Gasteiger partial charge on any atom is 0.573 e. The number of halogens is 4. The van der Waals surface area contributed by atoms with E-state index >= 15 is 0 Å². The molecule has 0 saturated carbocycles. The second kappa shape index (κ2) is 8.17. The molecule has 0 aliphatic heterocycles. The number of aromatic nitrogens is 2. The molecule has 0 saturated heterocycles. The van der Waals surface area contributed by atoms with E-state index in [0.717, 1.165) is 10.0 Å². The lowest BCUT2D eigenvalue weighted by Gasteiger charge is -2.09. The van der Waals surface area contributed by atoms with Crippen LogP contribution in [0.25, 0.3) is 11.1 Å². The number of alkyl halides is 3. The number of nitrogens with one attached hydrogen (secondary N) is 1. The van der Waals surface area contributed by atoms with Crippen LogP contribution in [0.4, 0.5) is 19.1 Å². The van der Waals surface area contributed by atoms with Crippen LogP contribution in [0.1, 0.15) is 5.56 Å². The molecule has 1 aromatic heterocycles. The van der Waals surface area contributed by atoms with Crippen LogP contribution >= 0.6 is 15.9 Å². The van der Waals surface area contributed by atoms with Gasteiger partial charge in [0.25, 0.3) is 0 Å². The number of rotatable bonds is 5. The van der Waals surface area contributed by atoms with Gasteiger partial charge in [0.05, 0.1) is 6.21 Å². The third-order valence-corrected chi connectivity index (χ3v) is 3.85. The van der Waals surface area contributed by atoms with Crippen LogP contribution in [-0.2, 0) is 0 Å². The molecule has 5 nitrogen and oxygen atoms in total. The van der Waals surface area contributed by atoms with Gasteiger partial charge in [0, 0.05) is 22.4 Å². The number of hydrogen-bond acceptors (Lipinski definition) is 5. The van der Waals surface area contributed by atoms with E-state index in [-0.39, 0.29) is 5.75 Å². The summed E-state index contributed by atoms with van der Waals surface area (Å²) in [5.41, 5.74) is 4.93. The Bertz CT molecular complexity index is 911. The van der Waals surface area contributed by atoms with Gasteiger partial charge in [-0.15, -0.1) is 13.2 Å². The number of hydrogen-bond donors (Lipinski definition) is 1. The van der Waals surface area contributed by atoms with Crippen molar-refractivity contribution < 1.29 is 17.9 Å². The molecule has 1 heterocycles. The normalized spacial score (nSPS) is 11.6. The van der Waals surface area contributed by atoms with E-state index < -0.39 is 6.36 Å². The summed E-state index contributed by atoms with van der Waals surface area (Å²) < 4.78 is 41.3. The molecule has 0 aliphatic rings. The monoisotopic (exact) mass is 436 g/mol. The van der Waals surface area contributed by atoms with Crippen molar-refractivity contribution in [3.63, 3.8) is 0 Å². The minimum absolute atomic E-state index is 0.285. The van der Waals surface area contributed by atoms with Gasteiger partial charge < -0.3 is 4.74 Å². The zero-order valence-electron chi connectivity index (χ0n) is 13.6. The van der Waals surface area contributed by atoms with E-state index in [4.69, 9.17) is 0 Å². The van der Waals surface area contributed by atoms with Crippen molar-refractivity contribution in [1.29, 1.82) is 0 Å². The first-order valence-electron chi connectivity index (χ1n) is 7.62. The van der Waals surface area contributed by atoms with Gasteiger partial charge in [0.15, 0.2) is 0 Å². The van der Waals surface area contributed by atoms with Crippen LogP contribution in [0, 0.1) is 0 Å². The maximum absolute atomic E-state index is 12.2. The smallest absolute Gasteiger partial charge is 0.406 e. The molecule has 0 spiro atoms. The summed E-state index contributed by atoms with van der Waals surface area (Å²) >= 11 is 3.36. The van der Waals surface area contributed by atoms with Crippen LogP contribution in [0.15, 0.2) is 70.5 Å². The van der Waals surface area contributed by atoms with Crippen molar-refractivity contribution in [1.82, 2.24) is 9.97 Å². The minimum atomic E-state index is -4.71. The standard InChI is InChI=1S/C18H12BrF3N4O/c19-15-5-1-12(2-6-15)9-25-26-17-23-10-14(11-24-17)13-3-7-16(8-4-13)27-18(20,21)22/h1-11H,(H,23,24,26)/b25-9+. The maximum atomic E-state index is 12.2. The Hall–Kier alpha value is -2.94. The molecule has 27 heavy (non-hydrogen) atoms. The van der Waals surface area contributed by atoms with E-state index in [1.807, 2.05) is 24.3 Å². The number of nitrogens with zero attached hydrogens (tertiary/aromatic N) is 3. The Morgan fingerprint density at radius 2 is 1.56 bits per heavy atom. The largest absolute Gasteiger partial charge is 0.573 e. The highest BCUT2D eigenvalue weighted by Crippen LogP contribution is 2.26. The molecular weight excluding hydrogens is 425 g/mol. The van der Waals surface area contributed by atoms with Crippen LogP contribution in [0.5, 0.6) is 5.75 Å². The molecule has 2 aromatic carbocycles. The van der Waals surface area contributed by atoms with Gasteiger partial charge in [-0.05, 0) is 35.4 Å². The first-order valence-corrected chi connectivity index (χ1v) is 8.41. The van der Waals surface area contributed by atoms with E-state index in [2.05, 4.69) is 41.2 Å². The van der Waals surface area contributed by atoms with E-state index in [1.54, 1.807) is 18.6 Å². The first-order chi connectivity index (χ1) is 12.9. The molecule has 3 aromatic rings. The van der Waals surface area contributed by atoms with Crippen molar-refractivity contribution in [2.45, 2.75) is 6.36 Å². The zero-order valence-corrected chi connectivity index (χ0v) is 15.2. The highest BCUT2D eigenvalue weighted by atomic mass is 79.9. The van der Waals surface area contributed by atoms with E-state index in [9.17, 15) is 13.2 Å². The molecular formula is C18H12BrF3N4O. The predicted octanol–water partition coefficient (Wildman–Crippen LogP) is 5.25. The SMILES string of the molecule is FC(F)(F)Oc1ccc(-c2cnc(N/N=C/c3ccc(Br)cc3)nc2)cc1. The molecule has 0 amide bonds. The van der Waals surface area contributed by atoms with Gasteiger partial charge in [0.1, 0.15) is 5.75 Å². The van der Waals surface area contributed by atoms with Crippen molar-refractivity contribution >= 4 is 28.1 Å². The first kappa shape index (κ1) is 18.8. The van der Waals surface area contributed by atoms with Crippen LogP contribution < -0.4 is 10.2 Å². The predicted molar refractivity (Wildman–Crippen MR) is 99.5 cm³/mol. The van der Waals surface area contributed by atoms with Crippen LogP contribution in [0.2, 0.25) is 0 Å². The Labute approximate surface area is 161 Å². The zero-order chi connectivity index (χ0) is 19.3. The second-order valence-corrected chi connectivity index (χ2v) is 6.20. The summed E-state index contributed by atoms with van der Waals surface area (Å²) in [6.45, 7) is 0. The minimum Gasteiger partial charge on any atom is -0.406 e. The molecule has 0 radical (unpaired) electrons. The van der Waals surface area contributed by atoms with Gasteiger partial charge in [-0.1, -0.05) is 40.2 Å². The van der Waals surface area contributed by atoms with E-state index in [0.29, 0.717) is 17.1 Å². The van der Waals surface area contributed by atoms with Gasteiger partial charge in [-0.3, -0.25) is 0 Å². The molecule has 138 valence electrons. The Balaban J connectivity index is 1.62. The summed E-state index contributed by atoms with van der Waals surface area (Å²) in [7, 11) is 0. The fourth-order valence-electron chi connectivity index (χ4n) is 2.10. The van der Waals surface area contributed by atoms with Crippen LogP contribution in [0.3, 0.4) is 0 Å².